The summed E-state index contributed by atoms with van der Waals surface area (Å²) >= 11 is 0. The molecule has 3 fully saturated rings. The van der Waals surface area contributed by atoms with E-state index < -0.39 is 11.7 Å². The van der Waals surface area contributed by atoms with Crippen LogP contribution in [0.15, 0.2) is 24.3 Å². The lowest BCUT2D eigenvalue weighted by atomic mass is 9.79. The Bertz CT molecular complexity index is 1100. The van der Waals surface area contributed by atoms with Crippen LogP contribution in [0.5, 0.6) is 5.75 Å². The van der Waals surface area contributed by atoms with Crippen LogP contribution in [0.3, 0.4) is 0 Å². The molecule has 0 spiro atoms. The zero-order valence-corrected chi connectivity index (χ0v) is 21.5. The number of nitrogens with zero attached hydrogens (tertiary/aromatic N) is 2. The maximum atomic E-state index is 14.2. The number of hydrogen-bond acceptors (Lipinski definition) is 6. The number of anilines is 1. The van der Waals surface area contributed by atoms with Crippen molar-refractivity contribution in [1.29, 1.82) is 0 Å². The molecule has 9 heteroatoms. The van der Waals surface area contributed by atoms with E-state index in [1.807, 2.05) is 0 Å². The Labute approximate surface area is 215 Å². The summed E-state index contributed by atoms with van der Waals surface area (Å²) < 4.78 is 53.6. The van der Waals surface area contributed by atoms with Crippen LogP contribution in [0.25, 0.3) is 10.9 Å². The van der Waals surface area contributed by atoms with Crippen molar-refractivity contribution >= 4 is 22.7 Å². The highest BCUT2D eigenvalue weighted by Gasteiger charge is 2.42. The fraction of sp³-hybridized carbons (Fsp3) is 0.643. The van der Waals surface area contributed by atoms with Gasteiger partial charge in [-0.1, -0.05) is 19.8 Å². The van der Waals surface area contributed by atoms with Crippen LogP contribution in [-0.4, -0.2) is 41.3 Å². The second-order valence-electron chi connectivity index (χ2n) is 10.8. The third-order valence-corrected chi connectivity index (χ3v) is 8.53. The van der Waals surface area contributed by atoms with Gasteiger partial charge in [0.15, 0.2) is 0 Å². The second-order valence-corrected chi connectivity index (χ2v) is 10.8. The zero-order chi connectivity index (χ0) is 26.2. The van der Waals surface area contributed by atoms with Crippen LogP contribution in [0, 0.1) is 11.8 Å². The zero-order valence-electron chi connectivity index (χ0n) is 21.5. The molecule has 3 heterocycles. The molecule has 1 aliphatic carbocycles. The number of hydrogen-bond donors (Lipinski definition) is 1. The fourth-order valence-electron chi connectivity index (χ4n) is 6.53. The first-order chi connectivity index (χ1) is 17.8. The molecule has 1 aromatic carbocycles. The molecule has 2 aromatic rings. The van der Waals surface area contributed by atoms with Crippen LogP contribution in [0.1, 0.15) is 76.7 Å². The molecule has 6 nitrogen and oxygen atoms in total. The van der Waals surface area contributed by atoms with Crippen molar-refractivity contribution in [2.45, 2.75) is 95.5 Å². The number of esters is 1. The Hall–Kier alpha value is -2.55. The average molecular weight is 520 g/mol. The quantitative estimate of drug-likeness (QED) is 0.427. The number of methoxy groups -OCH3 is 1. The topological polar surface area (TPSA) is 63.7 Å². The van der Waals surface area contributed by atoms with Gasteiger partial charge in [-0.2, -0.15) is 13.2 Å². The molecule has 1 aromatic heterocycles. The van der Waals surface area contributed by atoms with Crippen LogP contribution in [0.4, 0.5) is 19.0 Å². The number of rotatable bonds is 6. The second kappa shape index (κ2) is 10.7. The van der Waals surface area contributed by atoms with Crippen molar-refractivity contribution in [2.75, 3.05) is 12.5 Å². The average Bonchev–Trinajstić information content (AvgIpc) is 2.87. The van der Waals surface area contributed by atoms with Gasteiger partial charge in [0.05, 0.1) is 24.6 Å². The molecule has 5 rings (SSSR count). The summed E-state index contributed by atoms with van der Waals surface area (Å²) in [6.45, 7) is 2.16. The van der Waals surface area contributed by atoms with Crippen molar-refractivity contribution < 1.29 is 27.4 Å². The largest absolute Gasteiger partial charge is 0.490 e. The third kappa shape index (κ3) is 5.52. The van der Waals surface area contributed by atoms with Gasteiger partial charge in [0, 0.05) is 17.5 Å². The van der Waals surface area contributed by atoms with Gasteiger partial charge in [-0.15, -0.1) is 0 Å². The number of carbonyl (C=O) groups is 1. The number of pyridine rings is 1. The van der Waals surface area contributed by atoms with E-state index in [1.54, 1.807) is 12.1 Å². The molecule has 2 unspecified atom stereocenters. The third-order valence-electron chi connectivity index (χ3n) is 8.53. The van der Waals surface area contributed by atoms with Crippen LogP contribution < -0.4 is 10.2 Å². The van der Waals surface area contributed by atoms with Gasteiger partial charge in [0.2, 0.25) is 0 Å². The number of halogens is 3. The number of nitrogens with one attached hydrogen (secondary N) is 1. The number of hydrazine groups is 1. The van der Waals surface area contributed by atoms with Crippen LogP contribution in [-0.2, 0) is 15.7 Å². The van der Waals surface area contributed by atoms with Crippen molar-refractivity contribution in [1.82, 2.24) is 9.99 Å². The SMILES string of the molecule is CCC1CCC(Oc2ccc3nc(NN4C5CCCC4CC(C(=O)OC)C5)ccc3c2C(F)(F)F)CC1. The highest BCUT2D eigenvalue weighted by Crippen LogP contribution is 2.43. The number of aromatic nitrogens is 1. The number of alkyl halides is 3. The van der Waals surface area contributed by atoms with Gasteiger partial charge in [-0.3, -0.25) is 4.79 Å². The lowest BCUT2D eigenvalue weighted by Gasteiger charge is -2.48. The number of fused-ring (bicyclic) bond motifs is 3. The maximum Gasteiger partial charge on any atom is 0.420 e. The molecule has 1 N–H and O–H groups in total. The molecule has 3 aliphatic rings. The molecule has 2 atom stereocenters. The predicted molar refractivity (Wildman–Crippen MR) is 135 cm³/mol. The molecule has 2 saturated heterocycles. The Kier molecular flexibility index (Phi) is 7.52. The first-order valence-electron chi connectivity index (χ1n) is 13.6. The summed E-state index contributed by atoms with van der Waals surface area (Å²) in [6.07, 6.45) is 4.28. The van der Waals surface area contributed by atoms with E-state index in [1.165, 1.54) is 19.2 Å². The molecule has 202 valence electrons. The predicted octanol–water partition coefficient (Wildman–Crippen LogP) is 6.73. The first-order valence-corrected chi connectivity index (χ1v) is 13.6. The molecule has 2 aliphatic heterocycles. The van der Waals surface area contributed by atoms with E-state index in [2.05, 4.69) is 22.3 Å². The molecule has 1 saturated carbocycles. The minimum Gasteiger partial charge on any atom is -0.490 e. The van der Waals surface area contributed by atoms with Gasteiger partial charge < -0.3 is 14.9 Å². The first kappa shape index (κ1) is 26.1. The minimum absolute atomic E-state index is 0.0439. The van der Waals surface area contributed by atoms with Gasteiger partial charge in [-0.25, -0.2) is 9.99 Å². The molecule has 0 amide bonds. The summed E-state index contributed by atoms with van der Waals surface area (Å²) in [5.41, 5.74) is 2.88. The monoisotopic (exact) mass is 519 g/mol. The van der Waals surface area contributed by atoms with E-state index in [9.17, 15) is 18.0 Å². The Balaban J connectivity index is 1.37. The smallest absolute Gasteiger partial charge is 0.420 e. The van der Waals surface area contributed by atoms with Crippen LogP contribution in [0.2, 0.25) is 0 Å². The highest BCUT2D eigenvalue weighted by atomic mass is 19.4. The number of piperidine rings is 2. The lowest BCUT2D eigenvalue weighted by molar-refractivity contribution is -0.149. The van der Waals surface area contributed by atoms with Crippen LogP contribution >= 0.6 is 0 Å². The fourth-order valence-corrected chi connectivity index (χ4v) is 6.53. The summed E-state index contributed by atoms with van der Waals surface area (Å²) in [5.74, 6) is 0.742. The van der Waals surface area contributed by atoms with E-state index >= 15 is 0 Å². The Morgan fingerprint density at radius 1 is 1.05 bits per heavy atom. The summed E-state index contributed by atoms with van der Waals surface area (Å²) in [7, 11) is 1.42. The summed E-state index contributed by atoms with van der Waals surface area (Å²) in [6, 6.07) is 6.44. The summed E-state index contributed by atoms with van der Waals surface area (Å²) in [5, 5.41) is 2.19. The Morgan fingerprint density at radius 2 is 1.76 bits per heavy atom. The normalized spacial score (nSPS) is 28.6. The Morgan fingerprint density at radius 3 is 2.38 bits per heavy atom. The van der Waals surface area contributed by atoms with Gasteiger partial charge in [0.1, 0.15) is 17.1 Å². The van der Waals surface area contributed by atoms with Crippen molar-refractivity contribution in [3.05, 3.63) is 29.8 Å². The lowest BCUT2D eigenvalue weighted by Crippen LogP contribution is -2.55. The van der Waals surface area contributed by atoms with E-state index in [0.717, 1.165) is 51.4 Å². The molecule has 0 radical (unpaired) electrons. The van der Waals surface area contributed by atoms with Gasteiger partial charge in [-0.05, 0) is 81.5 Å². The summed E-state index contributed by atoms with van der Waals surface area (Å²) in [4.78, 5) is 16.7. The minimum atomic E-state index is -4.56. The van der Waals surface area contributed by atoms with Crippen molar-refractivity contribution in [3.63, 3.8) is 0 Å². The molecule has 2 bridgehead atoms. The number of carbonyl (C=O) groups excluding carboxylic acids is 1. The molecular formula is C28H36F3N3O3. The van der Waals surface area contributed by atoms with E-state index in [-0.39, 0.29) is 46.7 Å². The standard InChI is InChI=1S/C28H36F3N3O3/c1-3-17-7-9-21(10-8-17)37-24-13-12-23-22(26(24)28(29,30)31)11-14-25(32-23)33-34-19-5-4-6-20(34)16-18(15-19)27(35)36-2/h11-14,17-21H,3-10,15-16H2,1-2H3,(H,32,33). The molecular weight excluding hydrogens is 483 g/mol. The highest BCUT2D eigenvalue weighted by molar-refractivity contribution is 5.86. The van der Waals surface area contributed by atoms with Crippen molar-refractivity contribution in [2.24, 2.45) is 11.8 Å². The van der Waals surface area contributed by atoms with E-state index in [0.29, 0.717) is 24.6 Å². The van der Waals surface area contributed by atoms with E-state index in [4.69, 9.17) is 9.47 Å². The van der Waals surface area contributed by atoms with Crippen molar-refractivity contribution in [3.8, 4) is 5.75 Å². The number of ether oxygens (including phenoxy) is 2. The van der Waals surface area contributed by atoms with Gasteiger partial charge >= 0.3 is 12.1 Å². The molecule has 37 heavy (non-hydrogen) atoms. The van der Waals surface area contributed by atoms with Gasteiger partial charge in [0.25, 0.3) is 0 Å². The maximum absolute atomic E-state index is 14.2. The number of benzene rings is 1.